The van der Waals surface area contributed by atoms with E-state index in [1.165, 1.54) is 18.1 Å². The predicted molar refractivity (Wildman–Crippen MR) is 73.8 cm³/mol. The molecule has 4 heteroatoms. The normalized spacial score (nSPS) is 11.8. The number of hydrogen-bond acceptors (Lipinski definition) is 2. The number of fused-ring (bicyclic) bond motifs is 1. The van der Waals surface area contributed by atoms with Crippen molar-refractivity contribution < 1.29 is 4.79 Å². The van der Waals surface area contributed by atoms with E-state index >= 15 is 0 Å². The van der Waals surface area contributed by atoms with Crippen LogP contribution in [-0.4, -0.2) is 16.1 Å². The van der Waals surface area contributed by atoms with Gasteiger partial charge in [0.05, 0.1) is 5.52 Å². The smallest absolute Gasteiger partial charge is 0.222 e. The minimum absolute atomic E-state index is 0.000680. The molecule has 2 N–H and O–H groups in total. The fraction of sp³-hybridized carbons (Fsp3) is 0.429. The van der Waals surface area contributed by atoms with Gasteiger partial charge >= 0.3 is 0 Å². The lowest BCUT2D eigenvalue weighted by molar-refractivity contribution is -0.114. The van der Waals surface area contributed by atoms with E-state index in [1.807, 2.05) is 6.07 Å². The van der Waals surface area contributed by atoms with Gasteiger partial charge in [0.15, 0.2) is 5.82 Å². The Labute approximate surface area is 107 Å². The number of anilines is 1. The highest BCUT2D eigenvalue weighted by Gasteiger charge is 2.23. The van der Waals surface area contributed by atoms with E-state index in [0.29, 0.717) is 5.82 Å². The first-order valence-electron chi connectivity index (χ1n) is 6.06. The molecule has 0 radical (unpaired) electrons. The number of nitrogens with one attached hydrogen (secondary N) is 2. The number of H-pyrrole nitrogens is 1. The first-order valence-corrected chi connectivity index (χ1v) is 6.06. The Morgan fingerprint density at radius 3 is 2.56 bits per heavy atom. The number of carbonyl (C=O) groups excluding carboxylic acids is 1. The van der Waals surface area contributed by atoms with Crippen molar-refractivity contribution >= 4 is 22.6 Å². The van der Waals surface area contributed by atoms with Crippen molar-refractivity contribution in [3.05, 3.63) is 23.3 Å². The Morgan fingerprint density at radius 1 is 1.33 bits per heavy atom. The Kier molecular flexibility index (Phi) is 2.89. The van der Waals surface area contributed by atoms with Crippen LogP contribution >= 0.6 is 0 Å². The van der Waals surface area contributed by atoms with Crippen molar-refractivity contribution in [3.63, 3.8) is 0 Å². The third-order valence-corrected chi connectivity index (χ3v) is 2.98. The molecule has 0 aliphatic rings. The van der Waals surface area contributed by atoms with Crippen molar-refractivity contribution in [3.8, 4) is 0 Å². The Balaban J connectivity index is 2.77. The minimum atomic E-state index is -0.107. The van der Waals surface area contributed by atoms with Gasteiger partial charge in [-0.1, -0.05) is 26.8 Å². The number of amides is 1. The second kappa shape index (κ2) is 4.12. The minimum Gasteiger partial charge on any atom is -0.309 e. The molecule has 0 aliphatic carbocycles. The summed E-state index contributed by atoms with van der Waals surface area (Å²) in [6, 6.07) is 4.08. The van der Waals surface area contributed by atoms with Crippen LogP contribution in [-0.2, 0) is 10.2 Å². The number of aromatic nitrogens is 2. The zero-order valence-electron chi connectivity index (χ0n) is 11.5. The van der Waals surface area contributed by atoms with Gasteiger partial charge in [-0.3, -0.25) is 9.89 Å². The Morgan fingerprint density at radius 2 is 2.00 bits per heavy atom. The molecule has 1 amide bonds. The summed E-state index contributed by atoms with van der Waals surface area (Å²) < 4.78 is 0. The van der Waals surface area contributed by atoms with Crippen LogP contribution < -0.4 is 5.32 Å². The topological polar surface area (TPSA) is 57.8 Å². The Bertz CT molecular complexity index is 605. The average molecular weight is 245 g/mol. The van der Waals surface area contributed by atoms with Gasteiger partial charge in [-0.15, -0.1) is 0 Å². The molecular formula is C14H19N3O. The van der Waals surface area contributed by atoms with Gasteiger partial charge < -0.3 is 5.32 Å². The van der Waals surface area contributed by atoms with Crippen LogP contribution in [0.4, 0.5) is 5.82 Å². The summed E-state index contributed by atoms with van der Waals surface area (Å²) in [7, 11) is 0. The number of carbonyl (C=O) groups is 1. The summed E-state index contributed by atoms with van der Waals surface area (Å²) in [4.78, 5) is 11.2. The maximum atomic E-state index is 11.2. The van der Waals surface area contributed by atoms with Crippen molar-refractivity contribution in [2.75, 3.05) is 5.32 Å². The van der Waals surface area contributed by atoms with Gasteiger partial charge in [0.25, 0.3) is 0 Å². The zero-order valence-corrected chi connectivity index (χ0v) is 11.5. The molecule has 1 aromatic carbocycles. The summed E-state index contributed by atoms with van der Waals surface area (Å²) in [6.45, 7) is 10.1. The third kappa shape index (κ3) is 2.10. The van der Waals surface area contributed by atoms with Gasteiger partial charge in [-0.2, -0.15) is 5.10 Å². The Hall–Kier alpha value is -1.84. The molecule has 18 heavy (non-hydrogen) atoms. The molecule has 2 aromatic rings. The number of aryl methyl sites for hydroxylation is 1. The molecule has 96 valence electrons. The van der Waals surface area contributed by atoms with Gasteiger partial charge in [0.1, 0.15) is 0 Å². The van der Waals surface area contributed by atoms with Crippen LogP contribution in [0.5, 0.6) is 0 Å². The summed E-state index contributed by atoms with van der Waals surface area (Å²) >= 11 is 0. The monoisotopic (exact) mass is 245 g/mol. The highest BCUT2D eigenvalue weighted by molar-refractivity contribution is 6.01. The SMILES string of the molecule is CC(=O)Nc1n[nH]c2ccc(C)c(C(C)(C)C)c12. The molecule has 1 aromatic heterocycles. The fourth-order valence-corrected chi connectivity index (χ4v) is 2.44. The summed E-state index contributed by atoms with van der Waals surface area (Å²) in [5.74, 6) is 0.510. The van der Waals surface area contributed by atoms with Crippen LogP contribution in [0.1, 0.15) is 38.8 Å². The highest BCUT2D eigenvalue weighted by atomic mass is 16.1. The molecule has 1 heterocycles. The van der Waals surface area contributed by atoms with E-state index in [9.17, 15) is 4.79 Å². The van der Waals surface area contributed by atoms with Crippen LogP contribution in [0.3, 0.4) is 0 Å². The van der Waals surface area contributed by atoms with Crippen LogP contribution in [0, 0.1) is 6.92 Å². The molecule has 0 saturated carbocycles. The molecule has 0 bridgehead atoms. The fourth-order valence-electron chi connectivity index (χ4n) is 2.44. The maximum Gasteiger partial charge on any atom is 0.222 e. The molecule has 0 spiro atoms. The quantitative estimate of drug-likeness (QED) is 0.811. The third-order valence-electron chi connectivity index (χ3n) is 2.98. The summed E-state index contributed by atoms with van der Waals surface area (Å²) in [5, 5.41) is 11.0. The molecule has 0 fully saturated rings. The molecule has 0 unspecified atom stereocenters. The molecule has 0 atom stereocenters. The lowest BCUT2D eigenvalue weighted by Crippen LogP contribution is -2.15. The van der Waals surface area contributed by atoms with Crippen LogP contribution in [0.2, 0.25) is 0 Å². The highest BCUT2D eigenvalue weighted by Crippen LogP contribution is 2.35. The predicted octanol–water partition coefficient (Wildman–Crippen LogP) is 3.13. The number of hydrogen-bond donors (Lipinski definition) is 2. The first-order chi connectivity index (χ1) is 8.30. The van der Waals surface area contributed by atoms with E-state index in [-0.39, 0.29) is 11.3 Å². The van der Waals surface area contributed by atoms with E-state index in [0.717, 1.165) is 10.9 Å². The van der Waals surface area contributed by atoms with Crippen molar-refractivity contribution in [2.45, 2.75) is 40.0 Å². The van der Waals surface area contributed by atoms with Crippen molar-refractivity contribution in [1.29, 1.82) is 0 Å². The van der Waals surface area contributed by atoms with E-state index in [2.05, 4.69) is 49.3 Å². The maximum absolute atomic E-state index is 11.2. The van der Waals surface area contributed by atoms with Gasteiger partial charge in [0, 0.05) is 12.3 Å². The van der Waals surface area contributed by atoms with E-state index < -0.39 is 0 Å². The number of nitrogens with zero attached hydrogens (tertiary/aromatic N) is 1. The number of benzene rings is 1. The van der Waals surface area contributed by atoms with E-state index in [4.69, 9.17) is 0 Å². The van der Waals surface area contributed by atoms with Gasteiger partial charge in [-0.25, -0.2) is 0 Å². The number of rotatable bonds is 1. The van der Waals surface area contributed by atoms with Gasteiger partial charge in [-0.05, 0) is 29.5 Å². The van der Waals surface area contributed by atoms with Crippen molar-refractivity contribution in [2.24, 2.45) is 0 Å². The largest absolute Gasteiger partial charge is 0.309 e. The molecule has 4 nitrogen and oxygen atoms in total. The standard InChI is InChI=1S/C14H19N3O/c1-8-6-7-10-11(12(8)14(3,4)5)13(17-16-10)15-9(2)18/h6-7H,1-5H3,(H2,15,16,17,18). The van der Waals surface area contributed by atoms with E-state index in [1.54, 1.807) is 0 Å². The molecule has 2 rings (SSSR count). The summed E-state index contributed by atoms with van der Waals surface area (Å²) in [5.41, 5.74) is 3.38. The molecular weight excluding hydrogens is 226 g/mol. The zero-order chi connectivity index (χ0) is 13.5. The first kappa shape index (κ1) is 12.6. The molecule has 0 aliphatic heterocycles. The average Bonchev–Trinajstić information content (AvgIpc) is 2.58. The van der Waals surface area contributed by atoms with Gasteiger partial charge in [0.2, 0.25) is 5.91 Å². The summed E-state index contributed by atoms with van der Waals surface area (Å²) in [6.07, 6.45) is 0. The van der Waals surface area contributed by atoms with Crippen LogP contribution in [0.15, 0.2) is 12.1 Å². The molecule has 0 saturated heterocycles. The lowest BCUT2D eigenvalue weighted by atomic mass is 9.82. The second-order valence-corrected chi connectivity index (χ2v) is 5.68. The van der Waals surface area contributed by atoms with Crippen molar-refractivity contribution in [1.82, 2.24) is 10.2 Å². The number of aromatic amines is 1. The lowest BCUT2D eigenvalue weighted by Gasteiger charge is -2.23. The van der Waals surface area contributed by atoms with Crippen LogP contribution in [0.25, 0.3) is 10.9 Å². The second-order valence-electron chi connectivity index (χ2n) is 5.68.